The number of thiazole rings is 1. The summed E-state index contributed by atoms with van der Waals surface area (Å²) >= 11 is 1.39. The summed E-state index contributed by atoms with van der Waals surface area (Å²) < 4.78 is 0. The van der Waals surface area contributed by atoms with Crippen molar-refractivity contribution >= 4 is 17.2 Å². The van der Waals surface area contributed by atoms with Crippen LogP contribution in [-0.4, -0.2) is 27.9 Å². The molecule has 0 saturated heterocycles. The normalized spacial score (nSPS) is 12.2. The Labute approximate surface area is 121 Å². The zero-order valence-corrected chi connectivity index (χ0v) is 12.2. The van der Waals surface area contributed by atoms with E-state index in [1.807, 2.05) is 6.92 Å². The summed E-state index contributed by atoms with van der Waals surface area (Å²) in [4.78, 5) is 18.1. The number of carbonyl (C=O) groups excluding carboxylic acids is 1. The lowest BCUT2D eigenvalue weighted by molar-refractivity contribution is 0.0780. The molecular weight excluding hydrogens is 274 g/mol. The van der Waals surface area contributed by atoms with E-state index in [0.29, 0.717) is 12.2 Å². The number of carbonyl (C=O) groups is 1. The monoisotopic (exact) mass is 291 g/mol. The van der Waals surface area contributed by atoms with Gasteiger partial charge in [0.25, 0.3) is 5.91 Å². The van der Waals surface area contributed by atoms with Crippen LogP contribution < -0.4 is 5.73 Å². The average Bonchev–Trinajstić information content (AvgIpc) is 2.90. The molecule has 106 valence electrons. The number of nitrogens with zero attached hydrogens (tertiary/aromatic N) is 2. The molecule has 0 fully saturated rings. The predicted molar refractivity (Wildman–Crippen MR) is 78.6 cm³/mol. The van der Waals surface area contributed by atoms with Gasteiger partial charge in [-0.1, -0.05) is 12.1 Å². The van der Waals surface area contributed by atoms with Gasteiger partial charge in [0.05, 0.1) is 6.04 Å². The Morgan fingerprint density at radius 2 is 2.10 bits per heavy atom. The van der Waals surface area contributed by atoms with Crippen molar-refractivity contribution in [2.45, 2.75) is 19.5 Å². The van der Waals surface area contributed by atoms with Crippen molar-refractivity contribution in [1.82, 2.24) is 9.88 Å². The molecular formula is C14H17N3O2S. The van der Waals surface area contributed by atoms with E-state index in [0.717, 1.165) is 10.6 Å². The minimum atomic E-state index is -0.163. The van der Waals surface area contributed by atoms with Gasteiger partial charge >= 0.3 is 0 Å². The zero-order valence-electron chi connectivity index (χ0n) is 11.4. The van der Waals surface area contributed by atoms with Crippen LogP contribution in [0, 0.1) is 0 Å². The van der Waals surface area contributed by atoms with Crippen LogP contribution in [-0.2, 0) is 6.54 Å². The Morgan fingerprint density at radius 1 is 1.45 bits per heavy atom. The van der Waals surface area contributed by atoms with Crippen molar-refractivity contribution in [3.8, 4) is 5.75 Å². The predicted octanol–water partition coefficient (Wildman–Crippen LogP) is 2.14. The molecule has 1 aromatic carbocycles. The minimum Gasteiger partial charge on any atom is -0.508 e. The molecule has 0 bridgehead atoms. The fourth-order valence-corrected chi connectivity index (χ4v) is 2.49. The molecule has 0 aliphatic heterocycles. The Morgan fingerprint density at radius 3 is 2.65 bits per heavy atom. The first-order valence-corrected chi connectivity index (χ1v) is 7.09. The van der Waals surface area contributed by atoms with Crippen LogP contribution in [0.1, 0.15) is 34.0 Å². The van der Waals surface area contributed by atoms with Crippen LogP contribution in [0.15, 0.2) is 29.6 Å². The highest BCUT2D eigenvalue weighted by atomic mass is 32.1. The van der Waals surface area contributed by atoms with Gasteiger partial charge in [0.1, 0.15) is 16.5 Å². The third-order valence-electron chi connectivity index (χ3n) is 2.83. The summed E-state index contributed by atoms with van der Waals surface area (Å²) in [5.41, 5.74) is 7.11. The van der Waals surface area contributed by atoms with E-state index in [1.165, 1.54) is 11.3 Å². The van der Waals surface area contributed by atoms with Gasteiger partial charge in [-0.3, -0.25) is 4.79 Å². The molecule has 3 N–H and O–H groups in total. The van der Waals surface area contributed by atoms with Crippen molar-refractivity contribution < 1.29 is 9.90 Å². The number of nitrogens with two attached hydrogens (primary N) is 1. The molecule has 20 heavy (non-hydrogen) atoms. The van der Waals surface area contributed by atoms with Crippen LogP contribution in [0.3, 0.4) is 0 Å². The molecule has 1 amide bonds. The van der Waals surface area contributed by atoms with E-state index < -0.39 is 0 Å². The second kappa shape index (κ2) is 6.02. The molecule has 1 unspecified atom stereocenters. The maximum absolute atomic E-state index is 12.2. The third kappa shape index (κ3) is 3.34. The molecule has 2 rings (SSSR count). The van der Waals surface area contributed by atoms with Crippen molar-refractivity contribution in [3.63, 3.8) is 0 Å². The molecule has 5 nitrogen and oxygen atoms in total. The number of aromatic nitrogens is 1. The topological polar surface area (TPSA) is 79.5 Å². The van der Waals surface area contributed by atoms with Gasteiger partial charge < -0.3 is 15.7 Å². The number of aromatic hydroxyl groups is 1. The molecule has 1 heterocycles. The van der Waals surface area contributed by atoms with Crippen LogP contribution in [0.5, 0.6) is 5.75 Å². The number of phenols is 1. The number of amides is 1. The Hall–Kier alpha value is -1.92. The van der Waals surface area contributed by atoms with E-state index in [4.69, 9.17) is 5.73 Å². The van der Waals surface area contributed by atoms with E-state index >= 15 is 0 Å². The molecule has 2 aromatic rings. The largest absolute Gasteiger partial charge is 0.508 e. The molecule has 0 radical (unpaired) electrons. The molecule has 0 aliphatic rings. The molecule has 6 heteroatoms. The van der Waals surface area contributed by atoms with Crippen molar-refractivity contribution in [3.05, 3.63) is 45.9 Å². The smallest absolute Gasteiger partial charge is 0.273 e. The highest BCUT2D eigenvalue weighted by Gasteiger charge is 2.16. The highest BCUT2D eigenvalue weighted by Crippen LogP contribution is 2.18. The van der Waals surface area contributed by atoms with Gasteiger partial charge in [0, 0.05) is 19.0 Å². The first-order valence-electron chi connectivity index (χ1n) is 6.21. The zero-order chi connectivity index (χ0) is 14.7. The first-order chi connectivity index (χ1) is 9.47. The number of phenolic OH excluding ortho intramolecular Hbond substituents is 1. The second-order valence-electron chi connectivity index (χ2n) is 4.69. The van der Waals surface area contributed by atoms with Gasteiger partial charge in [-0.25, -0.2) is 4.98 Å². The highest BCUT2D eigenvalue weighted by molar-refractivity contribution is 7.09. The fraction of sp³-hybridized carbons (Fsp3) is 0.286. The van der Waals surface area contributed by atoms with Gasteiger partial charge in [-0.15, -0.1) is 11.3 Å². The minimum absolute atomic E-state index is 0.138. The lowest BCUT2D eigenvalue weighted by atomic mass is 10.2. The molecule has 1 atom stereocenters. The third-order valence-corrected chi connectivity index (χ3v) is 3.88. The number of rotatable bonds is 4. The molecule has 1 aromatic heterocycles. The standard InChI is InChI=1S/C14H17N3O2S/c1-9(15)13-16-12(8-20-13)14(19)17(2)7-10-3-5-11(18)6-4-10/h3-6,8-9,18H,7,15H2,1-2H3. The first kappa shape index (κ1) is 14.5. The van der Waals surface area contributed by atoms with Crippen LogP contribution in [0.4, 0.5) is 0 Å². The summed E-state index contributed by atoms with van der Waals surface area (Å²) in [5.74, 6) is 0.0741. The maximum Gasteiger partial charge on any atom is 0.273 e. The lowest BCUT2D eigenvalue weighted by Gasteiger charge is -2.16. The molecule has 0 spiro atoms. The van der Waals surface area contributed by atoms with Gasteiger partial charge in [0.2, 0.25) is 0 Å². The van der Waals surface area contributed by atoms with E-state index in [1.54, 1.807) is 41.6 Å². The van der Waals surface area contributed by atoms with E-state index in [9.17, 15) is 9.90 Å². The Bertz CT molecular complexity index is 593. The van der Waals surface area contributed by atoms with Crippen molar-refractivity contribution in [2.24, 2.45) is 5.73 Å². The second-order valence-corrected chi connectivity index (χ2v) is 5.58. The van der Waals surface area contributed by atoms with Crippen LogP contribution in [0.2, 0.25) is 0 Å². The fourth-order valence-electron chi connectivity index (χ4n) is 1.74. The number of hydrogen-bond acceptors (Lipinski definition) is 5. The molecule has 0 aliphatic carbocycles. The lowest BCUT2D eigenvalue weighted by Crippen LogP contribution is -2.26. The summed E-state index contributed by atoms with van der Waals surface area (Å²) in [6.07, 6.45) is 0. The quantitative estimate of drug-likeness (QED) is 0.904. The molecule has 0 saturated carbocycles. The van der Waals surface area contributed by atoms with Crippen molar-refractivity contribution in [2.75, 3.05) is 7.05 Å². The van der Waals surface area contributed by atoms with Crippen LogP contribution in [0.25, 0.3) is 0 Å². The van der Waals surface area contributed by atoms with Gasteiger partial charge in [-0.2, -0.15) is 0 Å². The van der Waals surface area contributed by atoms with E-state index in [-0.39, 0.29) is 17.7 Å². The SMILES string of the molecule is CC(N)c1nc(C(=O)N(C)Cc2ccc(O)cc2)cs1. The number of benzene rings is 1. The average molecular weight is 291 g/mol. The van der Waals surface area contributed by atoms with E-state index in [2.05, 4.69) is 4.98 Å². The van der Waals surface area contributed by atoms with Gasteiger partial charge in [0.15, 0.2) is 0 Å². The maximum atomic E-state index is 12.2. The van der Waals surface area contributed by atoms with Gasteiger partial charge in [-0.05, 0) is 24.6 Å². The summed E-state index contributed by atoms with van der Waals surface area (Å²) in [6.45, 7) is 2.30. The van der Waals surface area contributed by atoms with Crippen molar-refractivity contribution in [1.29, 1.82) is 0 Å². The Balaban J connectivity index is 2.06. The summed E-state index contributed by atoms with van der Waals surface area (Å²) in [5, 5.41) is 11.7. The summed E-state index contributed by atoms with van der Waals surface area (Å²) in [7, 11) is 1.72. The Kier molecular flexibility index (Phi) is 4.36. The number of hydrogen-bond donors (Lipinski definition) is 2. The summed E-state index contributed by atoms with van der Waals surface area (Å²) in [6, 6.07) is 6.61. The van der Waals surface area contributed by atoms with Crippen LogP contribution >= 0.6 is 11.3 Å².